The second kappa shape index (κ2) is 4.37. The van der Waals surface area contributed by atoms with Crippen LogP contribution in [-0.4, -0.2) is 27.0 Å². The molecular weight excluding hydrogens is 222 g/mol. The number of nitrogens with zero attached hydrogens (tertiary/aromatic N) is 2. The molecule has 5 N–H and O–H groups in total. The fourth-order valence-electron chi connectivity index (χ4n) is 1.83. The van der Waals surface area contributed by atoms with Gasteiger partial charge in [0.15, 0.2) is 0 Å². The van der Waals surface area contributed by atoms with Crippen LogP contribution in [0.1, 0.15) is 19.8 Å². The van der Waals surface area contributed by atoms with E-state index in [1.54, 1.807) is 6.07 Å². The molecule has 1 fully saturated rings. The van der Waals surface area contributed by atoms with E-state index in [1.807, 2.05) is 11.8 Å². The van der Waals surface area contributed by atoms with E-state index in [2.05, 4.69) is 22.2 Å². The van der Waals surface area contributed by atoms with Gasteiger partial charge in [0.25, 0.3) is 0 Å². The topological polar surface area (TPSA) is 89.8 Å². The first kappa shape index (κ1) is 11.3. The van der Waals surface area contributed by atoms with E-state index in [-0.39, 0.29) is 5.95 Å². The highest BCUT2D eigenvalue weighted by molar-refractivity contribution is 8.00. The molecule has 2 heterocycles. The predicted molar refractivity (Wildman–Crippen MR) is 69.4 cm³/mol. The lowest BCUT2D eigenvalue weighted by Crippen LogP contribution is -2.27. The number of hydrogen-bond acceptors (Lipinski definition) is 6. The average Bonchev–Trinajstić information content (AvgIpc) is 2.62. The van der Waals surface area contributed by atoms with Crippen LogP contribution in [0, 0.1) is 0 Å². The third-order valence-electron chi connectivity index (χ3n) is 2.71. The summed E-state index contributed by atoms with van der Waals surface area (Å²) in [7, 11) is 0. The molecule has 2 rings (SSSR count). The molecule has 6 heteroatoms. The molecule has 1 aromatic heterocycles. The van der Waals surface area contributed by atoms with Crippen LogP contribution in [-0.2, 0) is 0 Å². The van der Waals surface area contributed by atoms with Crippen molar-refractivity contribution in [2.45, 2.75) is 24.5 Å². The summed E-state index contributed by atoms with van der Waals surface area (Å²) >= 11 is 2.00. The summed E-state index contributed by atoms with van der Waals surface area (Å²) in [6.07, 6.45) is 2.53. The Morgan fingerprint density at radius 1 is 1.50 bits per heavy atom. The smallest absolute Gasteiger partial charge is 0.223 e. The minimum atomic E-state index is 0.215. The Balaban J connectivity index is 1.98. The third kappa shape index (κ3) is 2.69. The predicted octanol–water partition coefficient (Wildman–Crippen LogP) is 1.34. The molecule has 1 aliphatic rings. The van der Waals surface area contributed by atoms with Crippen molar-refractivity contribution in [2.24, 2.45) is 0 Å². The summed E-state index contributed by atoms with van der Waals surface area (Å²) < 4.78 is 0.300. The van der Waals surface area contributed by atoms with E-state index in [9.17, 15) is 0 Å². The lowest BCUT2D eigenvalue weighted by molar-refractivity contribution is 0.634. The highest BCUT2D eigenvalue weighted by Gasteiger charge is 2.29. The van der Waals surface area contributed by atoms with E-state index in [4.69, 9.17) is 11.5 Å². The van der Waals surface area contributed by atoms with Gasteiger partial charge >= 0.3 is 0 Å². The quantitative estimate of drug-likeness (QED) is 0.737. The SMILES string of the molecule is CC1(CNc2cc(N)nc(N)n2)CCCS1. The van der Waals surface area contributed by atoms with Crippen molar-refractivity contribution in [3.63, 3.8) is 0 Å². The third-order valence-corrected chi connectivity index (χ3v) is 4.25. The first-order valence-electron chi connectivity index (χ1n) is 5.35. The standard InChI is InChI=1S/C10H17N5S/c1-10(3-2-4-16-10)6-13-8-5-7(11)14-9(12)15-8/h5H,2-4,6H2,1H3,(H5,11,12,13,14,15). The first-order chi connectivity index (χ1) is 7.57. The van der Waals surface area contributed by atoms with Crippen LogP contribution in [0.5, 0.6) is 0 Å². The molecule has 1 aliphatic heterocycles. The number of nitrogen functional groups attached to an aromatic ring is 2. The van der Waals surface area contributed by atoms with E-state index < -0.39 is 0 Å². The molecule has 0 bridgehead atoms. The maximum absolute atomic E-state index is 5.60. The summed E-state index contributed by atoms with van der Waals surface area (Å²) in [6.45, 7) is 3.15. The van der Waals surface area contributed by atoms with Gasteiger partial charge in [0.05, 0.1) is 0 Å². The van der Waals surface area contributed by atoms with E-state index >= 15 is 0 Å². The van der Waals surface area contributed by atoms with Gasteiger partial charge in [-0.2, -0.15) is 21.7 Å². The van der Waals surface area contributed by atoms with Crippen LogP contribution in [0.15, 0.2) is 6.07 Å². The molecule has 0 saturated carbocycles. The summed E-state index contributed by atoms with van der Waals surface area (Å²) in [5, 5.41) is 3.28. The molecule has 1 unspecified atom stereocenters. The van der Waals surface area contributed by atoms with Crippen LogP contribution >= 0.6 is 11.8 Å². The second-order valence-corrected chi connectivity index (χ2v) is 5.97. The number of nitrogens with one attached hydrogen (secondary N) is 1. The number of anilines is 3. The van der Waals surface area contributed by atoms with Crippen molar-refractivity contribution >= 4 is 29.3 Å². The summed E-state index contributed by atoms with van der Waals surface area (Å²) in [6, 6.07) is 1.71. The number of thioether (sulfide) groups is 1. The van der Waals surface area contributed by atoms with Crippen molar-refractivity contribution in [3.8, 4) is 0 Å². The number of rotatable bonds is 3. The van der Waals surface area contributed by atoms with E-state index in [0.29, 0.717) is 16.4 Å². The Hall–Kier alpha value is -1.17. The molecule has 1 aromatic rings. The van der Waals surface area contributed by atoms with Gasteiger partial charge < -0.3 is 16.8 Å². The summed E-state index contributed by atoms with van der Waals surface area (Å²) in [4.78, 5) is 7.92. The Kier molecular flexibility index (Phi) is 3.09. The fraction of sp³-hybridized carbons (Fsp3) is 0.600. The number of hydrogen-bond donors (Lipinski definition) is 3. The molecule has 5 nitrogen and oxygen atoms in total. The monoisotopic (exact) mass is 239 g/mol. The molecule has 1 atom stereocenters. The Labute approximate surface area is 99.4 Å². The molecule has 16 heavy (non-hydrogen) atoms. The largest absolute Gasteiger partial charge is 0.383 e. The van der Waals surface area contributed by atoms with Crippen molar-refractivity contribution in [1.29, 1.82) is 0 Å². The highest BCUT2D eigenvalue weighted by Crippen LogP contribution is 2.37. The molecule has 0 aliphatic carbocycles. The van der Waals surface area contributed by atoms with Crippen molar-refractivity contribution < 1.29 is 0 Å². The van der Waals surface area contributed by atoms with E-state index in [0.717, 1.165) is 6.54 Å². The lowest BCUT2D eigenvalue weighted by Gasteiger charge is -2.23. The van der Waals surface area contributed by atoms with Crippen molar-refractivity contribution in [3.05, 3.63) is 6.07 Å². The lowest BCUT2D eigenvalue weighted by atomic mass is 10.1. The minimum absolute atomic E-state index is 0.215. The van der Waals surface area contributed by atoms with Crippen LogP contribution in [0.2, 0.25) is 0 Å². The Morgan fingerprint density at radius 2 is 2.31 bits per heavy atom. The summed E-state index contributed by atoms with van der Waals surface area (Å²) in [5.41, 5.74) is 11.1. The number of nitrogens with two attached hydrogens (primary N) is 2. The zero-order chi connectivity index (χ0) is 11.6. The van der Waals surface area contributed by atoms with E-state index in [1.165, 1.54) is 18.6 Å². The second-order valence-electron chi connectivity index (χ2n) is 4.29. The normalized spacial score (nSPS) is 24.6. The van der Waals surface area contributed by atoms with Gasteiger partial charge in [-0.3, -0.25) is 0 Å². The molecule has 0 aromatic carbocycles. The minimum Gasteiger partial charge on any atom is -0.383 e. The molecular formula is C10H17N5S. The maximum atomic E-state index is 5.60. The van der Waals surface area contributed by atoms with Gasteiger partial charge in [0.2, 0.25) is 5.95 Å². The number of aromatic nitrogens is 2. The van der Waals surface area contributed by atoms with Crippen LogP contribution < -0.4 is 16.8 Å². The van der Waals surface area contributed by atoms with Gasteiger partial charge in [0.1, 0.15) is 11.6 Å². The molecule has 0 amide bonds. The molecule has 88 valence electrons. The van der Waals surface area contributed by atoms with Gasteiger partial charge in [-0.15, -0.1) is 0 Å². The van der Waals surface area contributed by atoms with Crippen LogP contribution in [0.3, 0.4) is 0 Å². The highest BCUT2D eigenvalue weighted by atomic mass is 32.2. The van der Waals surface area contributed by atoms with Crippen molar-refractivity contribution in [1.82, 2.24) is 9.97 Å². The Bertz CT molecular complexity index is 355. The molecule has 1 saturated heterocycles. The van der Waals surface area contributed by atoms with Gasteiger partial charge in [0, 0.05) is 17.4 Å². The van der Waals surface area contributed by atoms with Crippen molar-refractivity contribution in [2.75, 3.05) is 29.1 Å². The van der Waals surface area contributed by atoms with Gasteiger partial charge in [-0.05, 0) is 25.5 Å². The average molecular weight is 239 g/mol. The molecule has 0 radical (unpaired) electrons. The fourth-order valence-corrected chi connectivity index (χ4v) is 3.07. The Morgan fingerprint density at radius 3 is 2.94 bits per heavy atom. The van der Waals surface area contributed by atoms with Gasteiger partial charge in [-0.25, -0.2) is 0 Å². The van der Waals surface area contributed by atoms with Crippen LogP contribution in [0.25, 0.3) is 0 Å². The van der Waals surface area contributed by atoms with Gasteiger partial charge in [-0.1, -0.05) is 0 Å². The zero-order valence-corrected chi connectivity index (χ0v) is 10.2. The maximum Gasteiger partial charge on any atom is 0.223 e. The summed E-state index contributed by atoms with van der Waals surface area (Å²) in [5.74, 6) is 2.57. The molecule has 0 spiro atoms. The zero-order valence-electron chi connectivity index (χ0n) is 9.36. The van der Waals surface area contributed by atoms with Crippen LogP contribution in [0.4, 0.5) is 17.6 Å². The first-order valence-corrected chi connectivity index (χ1v) is 6.34.